The molecule has 1 N–H and O–H groups in total. The Morgan fingerprint density at radius 3 is 3.17 bits per heavy atom. The van der Waals surface area contributed by atoms with E-state index in [2.05, 4.69) is 25.9 Å². The summed E-state index contributed by atoms with van der Waals surface area (Å²) in [5.74, 6) is 0.602. The van der Waals surface area contributed by atoms with Crippen LogP contribution in [0.4, 0.5) is 0 Å². The van der Waals surface area contributed by atoms with Crippen molar-refractivity contribution in [2.45, 2.75) is 0 Å². The molecular weight excluding hydrogens is 220 g/mol. The topological polar surface area (TPSA) is 37.9 Å². The van der Waals surface area contributed by atoms with Crippen molar-refractivity contribution in [3.05, 3.63) is 22.8 Å². The van der Waals surface area contributed by atoms with E-state index in [1.165, 1.54) is 0 Å². The van der Waals surface area contributed by atoms with Gasteiger partial charge in [0.15, 0.2) is 0 Å². The molecule has 12 heavy (non-hydrogen) atoms. The van der Waals surface area contributed by atoms with E-state index in [1.54, 1.807) is 7.11 Å². The maximum Gasteiger partial charge on any atom is 0.229 e. The van der Waals surface area contributed by atoms with Crippen molar-refractivity contribution < 1.29 is 4.74 Å². The van der Waals surface area contributed by atoms with E-state index in [0.29, 0.717) is 5.88 Å². The van der Waals surface area contributed by atoms with E-state index in [1.807, 2.05) is 18.3 Å². The molecule has 0 atom stereocenters. The van der Waals surface area contributed by atoms with Crippen LogP contribution in [0.5, 0.6) is 5.88 Å². The highest BCUT2D eigenvalue weighted by Gasteiger charge is 2.03. The zero-order valence-electron chi connectivity index (χ0n) is 6.47. The van der Waals surface area contributed by atoms with Crippen LogP contribution in [-0.2, 0) is 0 Å². The van der Waals surface area contributed by atoms with Crippen molar-refractivity contribution in [2.75, 3.05) is 7.11 Å². The van der Waals surface area contributed by atoms with Crippen LogP contribution in [0.25, 0.3) is 11.0 Å². The van der Waals surface area contributed by atoms with Crippen LogP contribution in [0, 0.1) is 0 Å². The van der Waals surface area contributed by atoms with Gasteiger partial charge in [-0.2, -0.15) is 4.98 Å². The van der Waals surface area contributed by atoms with E-state index in [4.69, 9.17) is 4.74 Å². The van der Waals surface area contributed by atoms with Gasteiger partial charge in [-0.3, -0.25) is 0 Å². The molecule has 3 nitrogen and oxygen atoms in total. The number of hydrogen-bond acceptors (Lipinski definition) is 2. The average Bonchev–Trinajstić information content (AvgIpc) is 2.49. The van der Waals surface area contributed by atoms with Crippen molar-refractivity contribution in [3.8, 4) is 5.88 Å². The van der Waals surface area contributed by atoms with Gasteiger partial charge in [-0.05, 0) is 28.1 Å². The number of methoxy groups -OCH3 is 1. The van der Waals surface area contributed by atoms with Gasteiger partial charge in [0.25, 0.3) is 0 Å². The zero-order valence-corrected chi connectivity index (χ0v) is 8.05. The van der Waals surface area contributed by atoms with E-state index in [-0.39, 0.29) is 0 Å². The first-order valence-corrected chi connectivity index (χ1v) is 4.28. The van der Waals surface area contributed by atoms with Gasteiger partial charge in [-0.25, -0.2) is 0 Å². The molecule has 0 amide bonds. The number of H-pyrrole nitrogens is 1. The van der Waals surface area contributed by atoms with Crippen molar-refractivity contribution in [3.63, 3.8) is 0 Å². The molecule has 0 saturated carbocycles. The van der Waals surface area contributed by atoms with Gasteiger partial charge < -0.3 is 9.72 Å². The molecule has 2 rings (SSSR count). The molecule has 62 valence electrons. The third kappa shape index (κ3) is 1.08. The normalized spacial score (nSPS) is 10.5. The van der Waals surface area contributed by atoms with E-state index < -0.39 is 0 Å². The lowest BCUT2D eigenvalue weighted by Crippen LogP contribution is -1.88. The number of rotatable bonds is 1. The highest BCUT2D eigenvalue weighted by Crippen LogP contribution is 2.25. The minimum Gasteiger partial charge on any atom is -0.480 e. The number of nitrogens with one attached hydrogen (secondary N) is 1. The van der Waals surface area contributed by atoms with Crippen LogP contribution in [0.1, 0.15) is 0 Å². The molecule has 2 aromatic rings. The van der Waals surface area contributed by atoms with E-state index in [9.17, 15) is 0 Å². The fourth-order valence-corrected chi connectivity index (χ4v) is 1.58. The van der Waals surface area contributed by atoms with Crippen molar-refractivity contribution in [1.82, 2.24) is 9.97 Å². The lowest BCUT2D eigenvalue weighted by molar-refractivity contribution is 0.396. The molecule has 2 aromatic heterocycles. The fraction of sp³-hybridized carbons (Fsp3) is 0.125. The summed E-state index contributed by atoms with van der Waals surface area (Å²) in [5.41, 5.74) is 0.843. The number of pyridine rings is 1. The highest BCUT2D eigenvalue weighted by atomic mass is 79.9. The second-order valence-corrected chi connectivity index (χ2v) is 3.25. The summed E-state index contributed by atoms with van der Waals surface area (Å²) in [7, 11) is 1.60. The van der Waals surface area contributed by atoms with Crippen molar-refractivity contribution >= 4 is 27.0 Å². The summed E-state index contributed by atoms with van der Waals surface area (Å²) in [6, 6.07) is 3.93. The first-order chi connectivity index (χ1) is 5.81. The Balaban J connectivity index is 2.73. The van der Waals surface area contributed by atoms with Gasteiger partial charge in [0.2, 0.25) is 5.88 Å². The van der Waals surface area contributed by atoms with E-state index >= 15 is 0 Å². The van der Waals surface area contributed by atoms with Gasteiger partial charge in [0.05, 0.1) is 11.6 Å². The Labute approximate surface area is 77.9 Å². The number of ether oxygens (including phenoxy) is 1. The van der Waals surface area contributed by atoms with Gasteiger partial charge in [0, 0.05) is 11.6 Å². The van der Waals surface area contributed by atoms with Crippen molar-refractivity contribution in [1.29, 1.82) is 0 Å². The molecule has 0 spiro atoms. The van der Waals surface area contributed by atoms with Gasteiger partial charge in [0.1, 0.15) is 5.65 Å². The summed E-state index contributed by atoms with van der Waals surface area (Å²) in [4.78, 5) is 7.24. The maximum absolute atomic E-state index is 5.04. The maximum atomic E-state index is 5.04. The minimum absolute atomic E-state index is 0.602. The second-order valence-electron chi connectivity index (χ2n) is 2.39. The van der Waals surface area contributed by atoms with Crippen LogP contribution in [0.15, 0.2) is 22.8 Å². The van der Waals surface area contributed by atoms with Crippen molar-refractivity contribution in [2.24, 2.45) is 0 Å². The quantitative estimate of drug-likeness (QED) is 0.811. The van der Waals surface area contributed by atoms with E-state index in [0.717, 1.165) is 15.5 Å². The number of halogens is 1. The minimum atomic E-state index is 0.602. The molecule has 0 aliphatic rings. The molecule has 4 heteroatoms. The number of nitrogens with zero attached hydrogens (tertiary/aromatic N) is 1. The van der Waals surface area contributed by atoms with Crippen LogP contribution in [-0.4, -0.2) is 17.1 Å². The van der Waals surface area contributed by atoms with Crippen LogP contribution in [0.2, 0.25) is 0 Å². The summed E-state index contributed by atoms with van der Waals surface area (Å²) >= 11 is 3.36. The Bertz CT molecular complexity index is 410. The smallest absolute Gasteiger partial charge is 0.229 e. The van der Waals surface area contributed by atoms with Gasteiger partial charge >= 0.3 is 0 Å². The summed E-state index contributed by atoms with van der Waals surface area (Å²) in [6.45, 7) is 0. The monoisotopic (exact) mass is 226 g/mol. The first-order valence-electron chi connectivity index (χ1n) is 3.49. The predicted octanol–water partition coefficient (Wildman–Crippen LogP) is 2.33. The van der Waals surface area contributed by atoms with Crippen LogP contribution >= 0.6 is 15.9 Å². The summed E-state index contributed by atoms with van der Waals surface area (Å²) < 4.78 is 5.92. The molecular formula is C8H7BrN2O. The number of hydrogen-bond donors (Lipinski definition) is 1. The molecule has 0 saturated heterocycles. The summed E-state index contributed by atoms with van der Waals surface area (Å²) in [5, 5.41) is 1.07. The SMILES string of the molecule is COc1nc2[nH]ccc2cc1Br. The standard InChI is InChI=1S/C8H7BrN2O/c1-12-8-6(9)4-5-2-3-10-7(5)11-8/h2-4H,1H3,(H,10,11). The molecule has 0 aliphatic carbocycles. The van der Waals surface area contributed by atoms with Crippen LogP contribution < -0.4 is 4.74 Å². The zero-order chi connectivity index (χ0) is 8.55. The molecule has 0 radical (unpaired) electrons. The van der Waals surface area contributed by atoms with Gasteiger partial charge in [-0.15, -0.1) is 0 Å². The Morgan fingerprint density at radius 2 is 2.42 bits per heavy atom. The second kappa shape index (κ2) is 2.79. The molecule has 2 heterocycles. The first kappa shape index (κ1) is 7.61. The largest absolute Gasteiger partial charge is 0.480 e. The number of aromatic amines is 1. The number of fused-ring (bicyclic) bond motifs is 1. The van der Waals surface area contributed by atoms with Crippen LogP contribution in [0.3, 0.4) is 0 Å². The fourth-order valence-electron chi connectivity index (χ4n) is 1.08. The predicted molar refractivity (Wildman–Crippen MR) is 50.3 cm³/mol. The summed E-state index contributed by atoms with van der Waals surface area (Å²) in [6.07, 6.45) is 1.85. The molecule has 0 aromatic carbocycles. The molecule has 0 aliphatic heterocycles. The third-order valence-electron chi connectivity index (χ3n) is 1.65. The molecule has 0 fully saturated rings. The number of aromatic nitrogens is 2. The Hall–Kier alpha value is -1.03. The van der Waals surface area contributed by atoms with Gasteiger partial charge in [-0.1, -0.05) is 0 Å². The lowest BCUT2D eigenvalue weighted by atomic mass is 10.3. The highest BCUT2D eigenvalue weighted by molar-refractivity contribution is 9.10. The lowest BCUT2D eigenvalue weighted by Gasteiger charge is -2.00. The molecule has 0 unspecified atom stereocenters. The third-order valence-corrected chi connectivity index (χ3v) is 2.22. The average molecular weight is 227 g/mol. The molecule has 0 bridgehead atoms. The Morgan fingerprint density at radius 1 is 1.58 bits per heavy atom. The Kier molecular flexibility index (Phi) is 1.77.